The van der Waals surface area contributed by atoms with Crippen LogP contribution in [0.2, 0.25) is 10.0 Å². The molecule has 2 amide bonds. The van der Waals surface area contributed by atoms with Crippen LogP contribution < -0.4 is 20.1 Å². The highest BCUT2D eigenvalue weighted by molar-refractivity contribution is 6.39. The first kappa shape index (κ1) is 26.3. The smallest absolute Gasteiger partial charge is 0.328 e. The van der Waals surface area contributed by atoms with Crippen molar-refractivity contribution in [1.82, 2.24) is 10.6 Å². The lowest BCUT2D eigenvalue weighted by atomic mass is 10.1. The minimum Gasteiger partial charge on any atom is -0.496 e. The van der Waals surface area contributed by atoms with Gasteiger partial charge >= 0.3 is 5.97 Å². The summed E-state index contributed by atoms with van der Waals surface area (Å²) in [6.45, 7) is 0.345. The van der Waals surface area contributed by atoms with Crippen molar-refractivity contribution in [1.29, 1.82) is 0 Å². The van der Waals surface area contributed by atoms with Gasteiger partial charge in [0.15, 0.2) is 0 Å². The maximum absolute atomic E-state index is 12.6. The Kier molecular flexibility index (Phi) is 10.3. The molecular formula is C23H26Cl2N2O6. The summed E-state index contributed by atoms with van der Waals surface area (Å²) in [7, 11) is 4.19. The molecule has 10 heteroatoms. The number of rotatable bonds is 11. The molecule has 1 atom stereocenters. The maximum atomic E-state index is 12.6. The van der Waals surface area contributed by atoms with E-state index in [4.69, 9.17) is 37.4 Å². The van der Waals surface area contributed by atoms with E-state index in [9.17, 15) is 14.4 Å². The number of amides is 2. The van der Waals surface area contributed by atoms with Crippen LogP contribution in [0, 0.1) is 0 Å². The summed E-state index contributed by atoms with van der Waals surface area (Å²) in [6.07, 6.45) is 1.38. The molecule has 1 unspecified atom stereocenters. The SMILES string of the molecule is COC(=O)C(CCCCNC(=O)c1c(OC)cccc1OC)NC(=O)c1c(Cl)cccc1Cl. The molecule has 8 nitrogen and oxygen atoms in total. The predicted octanol–water partition coefficient (Wildman–Crippen LogP) is 3.88. The number of carbonyl (C=O) groups is 3. The zero-order valence-electron chi connectivity index (χ0n) is 18.6. The van der Waals surface area contributed by atoms with Crippen molar-refractivity contribution in [3.8, 4) is 11.5 Å². The second kappa shape index (κ2) is 12.9. The van der Waals surface area contributed by atoms with E-state index >= 15 is 0 Å². The third kappa shape index (κ3) is 7.00. The van der Waals surface area contributed by atoms with Crippen molar-refractivity contribution < 1.29 is 28.6 Å². The molecule has 33 heavy (non-hydrogen) atoms. The Morgan fingerprint density at radius 3 is 1.97 bits per heavy atom. The van der Waals surface area contributed by atoms with Gasteiger partial charge in [-0.15, -0.1) is 0 Å². The zero-order chi connectivity index (χ0) is 24.4. The summed E-state index contributed by atoms with van der Waals surface area (Å²) in [5, 5.41) is 5.79. The molecule has 2 aromatic carbocycles. The third-order valence-corrected chi connectivity index (χ3v) is 5.47. The van der Waals surface area contributed by atoms with Gasteiger partial charge in [0.05, 0.1) is 36.9 Å². The van der Waals surface area contributed by atoms with Crippen molar-refractivity contribution >= 4 is 41.0 Å². The highest BCUT2D eigenvalue weighted by Gasteiger charge is 2.24. The number of halogens is 2. The quantitative estimate of drug-likeness (QED) is 0.361. The number of hydrogen-bond acceptors (Lipinski definition) is 6. The minimum atomic E-state index is -0.889. The molecule has 0 heterocycles. The second-order valence-electron chi connectivity index (χ2n) is 6.94. The number of methoxy groups -OCH3 is 3. The molecule has 2 N–H and O–H groups in total. The Balaban J connectivity index is 1.92. The van der Waals surface area contributed by atoms with Gasteiger partial charge in [0.25, 0.3) is 11.8 Å². The Morgan fingerprint density at radius 1 is 0.848 bits per heavy atom. The van der Waals surface area contributed by atoms with Gasteiger partial charge in [-0.25, -0.2) is 4.79 Å². The monoisotopic (exact) mass is 496 g/mol. The molecule has 0 aliphatic heterocycles. The number of ether oxygens (including phenoxy) is 3. The molecule has 2 aromatic rings. The van der Waals surface area contributed by atoms with Gasteiger partial charge < -0.3 is 24.8 Å². The van der Waals surface area contributed by atoms with Crippen molar-refractivity contribution in [2.24, 2.45) is 0 Å². The van der Waals surface area contributed by atoms with Crippen LogP contribution in [0.15, 0.2) is 36.4 Å². The lowest BCUT2D eigenvalue weighted by Crippen LogP contribution is -2.41. The van der Waals surface area contributed by atoms with Crippen LogP contribution in [-0.4, -0.2) is 51.7 Å². The van der Waals surface area contributed by atoms with Crippen molar-refractivity contribution in [3.63, 3.8) is 0 Å². The van der Waals surface area contributed by atoms with Crippen LogP contribution in [0.3, 0.4) is 0 Å². The average Bonchev–Trinajstić information content (AvgIpc) is 2.81. The Hall–Kier alpha value is -2.97. The van der Waals surface area contributed by atoms with Gasteiger partial charge in [0.1, 0.15) is 23.1 Å². The summed E-state index contributed by atoms with van der Waals surface area (Å²) in [4.78, 5) is 37.3. The lowest BCUT2D eigenvalue weighted by Gasteiger charge is -2.17. The molecule has 0 bridgehead atoms. The molecule has 0 fully saturated rings. The molecule has 0 saturated heterocycles. The number of nitrogens with one attached hydrogen (secondary N) is 2. The summed E-state index contributed by atoms with van der Waals surface area (Å²) in [6, 6.07) is 8.88. The molecule has 0 aliphatic rings. The molecule has 0 aromatic heterocycles. The lowest BCUT2D eigenvalue weighted by molar-refractivity contribution is -0.143. The molecule has 0 spiro atoms. The first-order valence-electron chi connectivity index (χ1n) is 10.2. The van der Waals surface area contributed by atoms with Crippen LogP contribution in [0.5, 0.6) is 11.5 Å². The number of carbonyl (C=O) groups excluding carboxylic acids is 3. The first-order valence-corrected chi connectivity index (χ1v) is 10.9. The zero-order valence-corrected chi connectivity index (χ0v) is 20.1. The van der Waals surface area contributed by atoms with E-state index in [1.165, 1.54) is 33.5 Å². The number of esters is 1. The summed E-state index contributed by atoms with van der Waals surface area (Å²) in [5.74, 6) is -0.695. The Labute approximate surface area is 202 Å². The number of unbranched alkanes of at least 4 members (excludes halogenated alkanes) is 1. The van der Waals surface area contributed by atoms with Gasteiger partial charge in [-0.2, -0.15) is 0 Å². The Bertz CT molecular complexity index is 956. The highest BCUT2D eigenvalue weighted by Crippen LogP contribution is 2.28. The summed E-state index contributed by atoms with van der Waals surface area (Å²) >= 11 is 12.1. The minimum absolute atomic E-state index is 0.0905. The van der Waals surface area contributed by atoms with Crippen molar-refractivity contribution in [3.05, 3.63) is 57.6 Å². The molecule has 178 valence electrons. The number of hydrogen-bond donors (Lipinski definition) is 2. The summed E-state index contributed by atoms with van der Waals surface area (Å²) in [5.41, 5.74) is 0.395. The number of benzene rings is 2. The third-order valence-electron chi connectivity index (χ3n) is 4.84. The van der Waals surface area contributed by atoms with E-state index in [0.717, 1.165) is 0 Å². The van der Waals surface area contributed by atoms with Gasteiger partial charge in [-0.3, -0.25) is 9.59 Å². The van der Waals surface area contributed by atoms with E-state index in [0.29, 0.717) is 42.9 Å². The van der Waals surface area contributed by atoms with E-state index < -0.39 is 17.9 Å². The van der Waals surface area contributed by atoms with Gasteiger partial charge in [0.2, 0.25) is 0 Å². The molecule has 2 rings (SSSR count). The molecule has 0 aliphatic carbocycles. The highest BCUT2D eigenvalue weighted by atomic mass is 35.5. The van der Waals surface area contributed by atoms with Crippen molar-refractivity contribution in [2.45, 2.75) is 25.3 Å². The summed E-state index contributed by atoms with van der Waals surface area (Å²) < 4.78 is 15.3. The van der Waals surface area contributed by atoms with Crippen LogP contribution >= 0.6 is 23.2 Å². The standard InChI is InChI=1S/C23H26Cl2N2O6/c1-31-17-11-7-12-18(32-2)20(17)21(28)26-13-5-4-10-16(23(30)33-3)27-22(29)19-14(24)8-6-9-15(19)25/h6-9,11-12,16H,4-5,10,13H2,1-3H3,(H,26,28)(H,27,29). The molecular weight excluding hydrogens is 471 g/mol. The Morgan fingerprint density at radius 2 is 1.42 bits per heavy atom. The normalized spacial score (nSPS) is 11.3. The fourth-order valence-corrected chi connectivity index (χ4v) is 3.74. The van der Waals surface area contributed by atoms with E-state index in [-0.39, 0.29) is 21.5 Å². The molecule has 0 radical (unpaired) electrons. The van der Waals surface area contributed by atoms with Crippen molar-refractivity contribution in [2.75, 3.05) is 27.9 Å². The second-order valence-corrected chi connectivity index (χ2v) is 7.75. The van der Waals surface area contributed by atoms with E-state index in [2.05, 4.69) is 10.6 Å². The largest absolute Gasteiger partial charge is 0.496 e. The van der Waals surface area contributed by atoms with E-state index in [1.54, 1.807) is 24.3 Å². The topological polar surface area (TPSA) is 103 Å². The first-order chi connectivity index (χ1) is 15.8. The van der Waals surface area contributed by atoms with Crippen LogP contribution in [-0.2, 0) is 9.53 Å². The average molecular weight is 497 g/mol. The predicted molar refractivity (Wildman–Crippen MR) is 125 cm³/mol. The molecule has 0 saturated carbocycles. The fourth-order valence-electron chi connectivity index (χ4n) is 3.18. The van der Waals surface area contributed by atoms with Crippen LogP contribution in [0.1, 0.15) is 40.0 Å². The van der Waals surface area contributed by atoms with E-state index in [1.807, 2.05) is 0 Å². The van der Waals surface area contributed by atoms with Crippen LogP contribution in [0.25, 0.3) is 0 Å². The maximum Gasteiger partial charge on any atom is 0.328 e. The van der Waals surface area contributed by atoms with Gasteiger partial charge in [-0.1, -0.05) is 35.3 Å². The van der Waals surface area contributed by atoms with Gasteiger partial charge in [-0.05, 0) is 43.5 Å². The van der Waals surface area contributed by atoms with Gasteiger partial charge in [0, 0.05) is 6.54 Å². The fraction of sp³-hybridized carbons (Fsp3) is 0.348. The van der Waals surface area contributed by atoms with Crippen LogP contribution in [0.4, 0.5) is 0 Å².